The summed E-state index contributed by atoms with van der Waals surface area (Å²) in [6, 6.07) is 10.3. The quantitative estimate of drug-likeness (QED) is 0.849. The molecule has 4 nitrogen and oxygen atoms in total. The predicted molar refractivity (Wildman–Crippen MR) is 85.9 cm³/mol. The number of carbonyl (C=O) groups excluding carboxylic acids is 2. The third-order valence-corrected chi connectivity index (χ3v) is 4.40. The van der Waals surface area contributed by atoms with Crippen LogP contribution in [0.1, 0.15) is 15.9 Å². The Morgan fingerprint density at radius 3 is 2.81 bits per heavy atom. The first kappa shape index (κ1) is 14.1. The van der Waals surface area contributed by atoms with Gasteiger partial charge >= 0.3 is 0 Å². The van der Waals surface area contributed by atoms with Crippen molar-refractivity contribution in [2.24, 2.45) is 0 Å². The molecule has 1 aliphatic heterocycles. The lowest BCUT2D eigenvalue weighted by Crippen LogP contribution is -2.12. The zero-order valence-corrected chi connectivity index (χ0v) is 13.1. The lowest BCUT2D eigenvalue weighted by atomic mass is 10.1. The van der Waals surface area contributed by atoms with Gasteiger partial charge in [-0.2, -0.15) is 0 Å². The molecule has 0 unspecified atom stereocenters. The van der Waals surface area contributed by atoms with Crippen LogP contribution in [0.2, 0.25) is 5.02 Å². The molecule has 6 heteroatoms. The first-order valence-corrected chi connectivity index (χ1v) is 7.39. The van der Waals surface area contributed by atoms with Gasteiger partial charge in [-0.05, 0) is 57.9 Å². The van der Waals surface area contributed by atoms with Gasteiger partial charge in [0.15, 0.2) is 0 Å². The van der Waals surface area contributed by atoms with Crippen molar-refractivity contribution in [3.63, 3.8) is 0 Å². The fourth-order valence-corrected chi connectivity index (χ4v) is 2.57. The molecule has 2 aromatic rings. The second kappa shape index (κ2) is 5.50. The molecule has 0 bridgehead atoms. The summed E-state index contributed by atoms with van der Waals surface area (Å²) in [5.74, 6) is -0.294. The van der Waals surface area contributed by atoms with Crippen molar-refractivity contribution < 1.29 is 9.59 Å². The second-order valence-corrected chi connectivity index (χ2v) is 5.94. The second-order valence-electron chi connectivity index (χ2n) is 4.68. The van der Waals surface area contributed by atoms with Crippen molar-refractivity contribution in [2.45, 2.75) is 6.42 Å². The molecule has 1 heterocycles. The standard InChI is InChI=1S/C15H10BrClN2O2/c16-11-3-2-10(7-12(11)17)18-15(21)8-1-4-13-9(5-8)6-14(20)19-13/h1-5,7H,6H2,(H,18,21)(H,19,20). The van der Waals surface area contributed by atoms with Gasteiger partial charge in [0.25, 0.3) is 5.91 Å². The van der Waals surface area contributed by atoms with E-state index >= 15 is 0 Å². The van der Waals surface area contributed by atoms with Gasteiger partial charge in [0.05, 0.1) is 11.4 Å². The Morgan fingerprint density at radius 1 is 1.24 bits per heavy atom. The topological polar surface area (TPSA) is 58.2 Å². The Kier molecular flexibility index (Phi) is 3.69. The molecular weight excluding hydrogens is 356 g/mol. The van der Waals surface area contributed by atoms with Crippen molar-refractivity contribution in [3.8, 4) is 0 Å². The Bertz CT molecular complexity index is 761. The van der Waals surface area contributed by atoms with Gasteiger partial charge in [0, 0.05) is 21.4 Å². The smallest absolute Gasteiger partial charge is 0.255 e. The molecule has 0 radical (unpaired) electrons. The van der Waals surface area contributed by atoms with Gasteiger partial charge in [-0.1, -0.05) is 11.6 Å². The minimum atomic E-state index is -0.240. The number of fused-ring (bicyclic) bond motifs is 1. The third kappa shape index (κ3) is 2.94. The number of benzene rings is 2. The van der Waals surface area contributed by atoms with Gasteiger partial charge in [-0.15, -0.1) is 0 Å². The minimum absolute atomic E-state index is 0.0535. The van der Waals surface area contributed by atoms with Gasteiger partial charge < -0.3 is 10.6 Å². The van der Waals surface area contributed by atoms with Crippen LogP contribution in [0, 0.1) is 0 Å². The fourth-order valence-electron chi connectivity index (χ4n) is 2.15. The van der Waals surface area contributed by atoms with E-state index in [0.717, 1.165) is 15.7 Å². The first-order chi connectivity index (χ1) is 10.0. The van der Waals surface area contributed by atoms with E-state index in [2.05, 4.69) is 26.6 Å². The lowest BCUT2D eigenvalue weighted by Gasteiger charge is -2.07. The summed E-state index contributed by atoms with van der Waals surface area (Å²) in [6.45, 7) is 0. The number of amides is 2. The van der Waals surface area contributed by atoms with E-state index in [1.54, 1.807) is 36.4 Å². The van der Waals surface area contributed by atoms with Crippen LogP contribution in [-0.2, 0) is 11.2 Å². The lowest BCUT2D eigenvalue weighted by molar-refractivity contribution is -0.115. The van der Waals surface area contributed by atoms with E-state index in [4.69, 9.17) is 11.6 Å². The van der Waals surface area contributed by atoms with Crippen LogP contribution in [0.5, 0.6) is 0 Å². The van der Waals surface area contributed by atoms with Gasteiger partial charge in [-0.3, -0.25) is 9.59 Å². The maximum absolute atomic E-state index is 12.2. The average molecular weight is 366 g/mol. The highest BCUT2D eigenvalue weighted by Gasteiger charge is 2.19. The van der Waals surface area contributed by atoms with Gasteiger partial charge in [0.2, 0.25) is 5.91 Å². The first-order valence-electron chi connectivity index (χ1n) is 6.22. The van der Waals surface area contributed by atoms with Gasteiger partial charge in [-0.25, -0.2) is 0 Å². The van der Waals surface area contributed by atoms with E-state index < -0.39 is 0 Å². The van der Waals surface area contributed by atoms with Crippen LogP contribution in [0.15, 0.2) is 40.9 Å². The van der Waals surface area contributed by atoms with E-state index in [1.807, 2.05) is 0 Å². The minimum Gasteiger partial charge on any atom is -0.326 e. The van der Waals surface area contributed by atoms with Crippen LogP contribution in [-0.4, -0.2) is 11.8 Å². The SMILES string of the molecule is O=C1Cc2cc(C(=O)Nc3ccc(Br)c(Cl)c3)ccc2N1. The molecule has 2 N–H and O–H groups in total. The summed E-state index contributed by atoms with van der Waals surface area (Å²) in [6.07, 6.45) is 0.306. The van der Waals surface area contributed by atoms with Crippen LogP contribution in [0.4, 0.5) is 11.4 Å². The molecule has 2 amide bonds. The van der Waals surface area contributed by atoms with Crippen LogP contribution >= 0.6 is 27.5 Å². The molecule has 2 aromatic carbocycles. The predicted octanol–water partition coefficient (Wildman–Crippen LogP) is 3.85. The summed E-state index contributed by atoms with van der Waals surface area (Å²) >= 11 is 9.29. The van der Waals surface area contributed by atoms with Crippen LogP contribution in [0.25, 0.3) is 0 Å². The van der Waals surface area contributed by atoms with Crippen molar-refractivity contribution in [2.75, 3.05) is 10.6 Å². The molecule has 0 atom stereocenters. The zero-order valence-electron chi connectivity index (χ0n) is 10.7. The number of hydrogen-bond acceptors (Lipinski definition) is 2. The largest absolute Gasteiger partial charge is 0.326 e. The highest BCUT2D eigenvalue weighted by Crippen LogP contribution is 2.27. The van der Waals surface area contributed by atoms with Crippen LogP contribution < -0.4 is 10.6 Å². The monoisotopic (exact) mass is 364 g/mol. The van der Waals surface area contributed by atoms with Crippen molar-refractivity contribution in [1.82, 2.24) is 0 Å². The summed E-state index contributed by atoms with van der Waals surface area (Å²) in [7, 11) is 0. The number of nitrogens with one attached hydrogen (secondary N) is 2. The Hall–Kier alpha value is -1.85. The van der Waals surface area contributed by atoms with E-state index in [1.165, 1.54) is 0 Å². The Labute approximate surface area is 134 Å². The molecular formula is C15H10BrClN2O2. The zero-order chi connectivity index (χ0) is 15.0. The number of halogens is 2. The summed E-state index contributed by atoms with van der Waals surface area (Å²) in [5, 5.41) is 6.04. The molecule has 3 rings (SSSR count). The highest BCUT2D eigenvalue weighted by molar-refractivity contribution is 9.10. The molecule has 0 saturated carbocycles. The van der Waals surface area contributed by atoms with Gasteiger partial charge in [0.1, 0.15) is 0 Å². The maximum Gasteiger partial charge on any atom is 0.255 e. The molecule has 1 aliphatic rings. The van der Waals surface area contributed by atoms with E-state index in [-0.39, 0.29) is 11.8 Å². The van der Waals surface area contributed by atoms with Crippen molar-refractivity contribution in [3.05, 3.63) is 57.0 Å². The summed E-state index contributed by atoms with van der Waals surface area (Å²) < 4.78 is 0.768. The molecule has 0 fully saturated rings. The molecule has 0 saturated heterocycles. The molecule has 21 heavy (non-hydrogen) atoms. The molecule has 0 spiro atoms. The number of carbonyl (C=O) groups is 2. The van der Waals surface area contributed by atoms with E-state index in [9.17, 15) is 9.59 Å². The number of rotatable bonds is 2. The molecule has 0 aromatic heterocycles. The van der Waals surface area contributed by atoms with Crippen molar-refractivity contribution >= 4 is 50.7 Å². The van der Waals surface area contributed by atoms with Crippen molar-refractivity contribution in [1.29, 1.82) is 0 Å². The maximum atomic E-state index is 12.2. The summed E-state index contributed by atoms with van der Waals surface area (Å²) in [5.41, 5.74) is 2.72. The fraction of sp³-hybridized carbons (Fsp3) is 0.0667. The Balaban J connectivity index is 1.81. The normalized spacial score (nSPS) is 12.8. The number of hydrogen-bond donors (Lipinski definition) is 2. The average Bonchev–Trinajstić information content (AvgIpc) is 2.82. The summed E-state index contributed by atoms with van der Waals surface area (Å²) in [4.78, 5) is 23.5. The molecule has 0 aliphatic carbocycles. The third-order valence-electron chi connectivity index (χ3n) is 3.17. The number of anilines is 2. The molecule has 106 valence electrons. The van der Waals surface area contributed by atoms with E-state index in [0.29, 0.717) is 22.7 Å². The highest BCUT2D eigenvalue weighted by atomic mass is 79.9. The van der Waals surface area contributed by atoms with Crippen LogP contribution in [0.3, 0.4) is 0 Å². The Morgan fingerprint density at radius 2 is 2.05 bits per heavy atom.